The van der Waals surface area contributed by atoms with Crippen molar-refractivity contribution in [3.63, 3.8) is 0 Å². The molecule has 4 aromatic heterocycles. The van der Waals surface area contributed by atoms with E-state index in [0.29, 0.717) is 0 Å². The standard InChI is InChI=1S/C60H34N4/c1-3-11-35(12-4-1)53-45-15-7-9-17-49(45)63-59-47(53)31-23-39-25-33-51(61-57(39)59)41-27-19-37-22-30-44-42(28-20-38-21-29-43(41)55(37)56(38)44)52-34-26-40-24-32-48-54(36-13-5-2-6-14-36)46-16-8-10-18-50(46)64-60(48)58(40)62-52/h1-34H. The number of hydrogen-bond acceptors (Lipinski definition) is 4. The van der Waals surface area contributed by atoms with Crippen molar-refractivity contribution in [1.29, 1.82) is 0 Å². The van der Waals surface area contributed by atoms with Gasteiger partial charge in [0.15, 0.2) is 0 Å². The number of aromatic nitrogens is 4. The minimum Gasteiger partial charge on any atom is -0.245 e. The fourth-order valence-corrected chi connectivity index (χ4v) is 10.5. The summed E-state index contributed by atoms with van der Waals surface area (Å²) in [5.74, 6) is 0. The third kappa shape index (κ3) is 5.11. The maximum Gasteiger partial charge on any atom is 0.0978 e. The van der Waals surface area contributed by atoms with E-state index < -0.39 is 0 Å². The van der Waals surface area contributed by atoms with Gasteiger partial charge in [-0.15, -0.1) is 0 Å². The zero-order chi connectivity index (χ0) is 41.9. The summed E-state index contributed by atoms with van der Waals surface area (Å²) in [6.45, 7) is 0. The number of hydrogen-bond donors (Lipinski definition) is 0. The zero-order valence-corrected chi connectivity index (χ0v) is 34.4. The molecular weight excluding hydrogens is 777 g/mol. The van der Waals surface area contributed by atoms with Crippen LogP contribution in [0.3, 0.4) is 0 Å². The highest BCUT2D eigenvalue weighted by Gasteiger charge is 2.20. The van der Waals surface area contributed by atoms with Crippen LogP contribution in [0.15, 0.2) is 206 Å². The first-order chi connectivity index (χ1) is 31.7. The van der Waals surface area contributed by atoms with Gasteiger partial charge in [0.05, 0.1) is 44.5 Å². The number of nitrogens with zero attached hydrogens (tertiary/aromatic N) is 4. The van der Waals surface area contributed by atoms with Gasteiger partial charge in [-0.3, -0.25) is 0 Å². The molecular formula is C60H34N4. The van der Waals surface area contributed by atoms with Crippen LogP contribution in [0.5, 0.6) is 0 Å². The van der Waals surface area contributed by atoms with Gasteiger partial charge in [0.25, 0.3) is 0 Å². The molecule has 0 bridgehead atoms. The van der Waals surface area contributed by atoms with Gasteiger partial charge in [0.2, 0.25) is 0 Å². The molecule has 294 valence electrons. The van der Waals surface area contributed by atoms with Crippen LogP contribution < -0.4 is 0 Å². The van der Waals surface area contributed by atoms with E-state index in [2.05, 4.69) is 206 Å². The van der Waals surface area contributed by atoms with Crippen LogP contribution in [0.2, 0.25) is 0 Å². The number of benzene rings is 10. The summed E-state index contributed by atoms with van der Waals surface area (Å²) in [6.07, 6.45) is 0. The summed E-state index contributed by atoms with van der Waals surface area (Å²) in [7, 11) is 0. The highest BCUT2D eigenvalue weighted by atomic mass is 14.8. The van der Waals surface area contributed by atoms with Gasteiger partial charge in [-0.25, -0.2) is 19.9 Å². The Bertz CT molecular complexity index is 3960. The molecule has 0 saturated carbocycles. The smallest absolute Gasteiger partial charge is 0.0978 e. The van der Waals surface area contributed by atoms with Crippen molar-refractivity contribution in [2.75, 3.05) is 0 Å². The third-order valence-corrected chi connectivity index (χ3v) is 13.4. The van der Waals surface area contributed by atoms with E-state index in [-0.39, 0.29) is 0 Å². The lowest BCUT2D eigenvalue weighted by molar-refractivity contribution is 1.40. The number of para-hydroxylation sites is 2. The molecule has 0 N–H and O–H groups in total. The van der Waals surface area contributed by atoms with Gasteiger partial charge >= 0.3 is 0 Å². The molecule has 14 rings (SSSR count). The average molecular weight is 811 g/mol. The largest absolute Gasteiger partial charge is 0.245 e. The second-order valence-electron chi connectivity index (χ2n) is 16.8. The Kier molecular flexibility index (Phi) is 7.36. The van der Waals surface area contributed by atoms with E-state index in [0.717, 1.165) is 87.9 Å². The molecule has 0 aliphatic rings. The van der Waals surface area contributed by atoms with E-state index in [1.165, 1.54) is 54.6 Å². The van der Waals surface area contributed by atoms with Crippen molar-refractivity contribution in [1.82, 2.24) is 19.9 Å². The second kappa shape index (κ2) is 13.4. The van der Waals surface area contributed by atoms with Crippen LogP contribution in [0.1, 0.15) is 0 Å². The predicted molar refractivity (Wildman–Crippen MR) is 268 cm³/mol. The van der Waals surface area contributed by atoms with Gasteiger partial charge in [-0.2, -0.15) is 0 Å². The molecule has 0 spiro atoms. The molecule has 0 aliphatic heterocycles. The first kappa shape index (κ1) is 35.0. The minimum absolute atomic E-state index is 0.902. The average Bonchev–Trinajstić information content (AvgIpc) is 3.36. The molecule has 0 radical (unpaired) electrons. The molecule has 4 heterocycles. The fourth-order valence-electron chi connectivity index (χ4n) is 10.5. The van der Waals surface area contributed by atoms with Crippen LogP contribution in [-0.2, 0) is 0 Å². The quantitative estimate of drug-likeness (QED) is 0.131. The lowest BCUT2D eigenvalue weighted by Gasteiger charge is -2.17. The van der Waals surface area contributed by atoms with Crippen molar-refractivity contribution in [3.8, 4) is 44.8 Å². The number of fused-ring (bicyclic) bond motifs is 8. The topological polar surface area (TPSA) is 51.6 Å². The minimum atomic E-state index is 0.902. The summed E-state index contributed by atoms with van der Waals surface area (Å²) in [6, 6.07) is 73.7. The maximum absolute atomic E-state index is 5.48. The van der Waals surface area contributed by atoms with Gasteiger partial charge in [-0.05, 0) is 67.7 Å². The second-order valence-corrected chi connectivity index (χ2v) is 16.8. The lowest BCUT2D eigenvalue weighted by atomic mass is 9.88. The highest BCUT2D eigenvalue weighted by molar-refractivity contribution is 6.28. The Morgan fingerprint density at radius 3 is 1.08 bits per heavy atom. The monoisotopic (exact) mass is 810 g/mol. The number of pyridine rings is 4. The van der Waals surface area contributed by atoms with Crippen molar-refractivity contribution < 1.29 is 0 Å². The first-order valence-electron chi connectivity index (χ1n) is 21.8. The molecule has 0 aliphatic carbocycles. The SMILES string of the molecule is c1ccc(-c2c3ccccc3nc3c2ccc2ccc(-c4ccc5ccc6c(-c7ccc8ccc9c(-c%10ccccc%10)c%10ccccc%10nc9c8n7)ccc7ccc4c5c76)nc23)cc1. The predicted octanol–water partition coefficient (Wildman–Crippen LogP) is 15.8. The molecule has 4 heteroatoms. The van der Waals surface area contributed by atoms with E-state index in [9.17, 15) is 0 Å². The Hall–Kier alpha value is -8.60. The summed E-state index contributed by atoms with van der Waals surface area (Å²) < 4.78 is 0. The van der Waals surface area contributed by atoms with Gasteiger partial charge in [-0.1, -0.05) is 182 Å². The molecule has 0 fully saturated rings. The van der Waals surface area contributed by atoms with Crippen LogP contribution in [-0.4, -0.2) is 19.9 Å². The molecule has 10 aromatic carbocycles. The molecule has 0 saturated heterocycles. The van der Waals surface area contributed by atoms with Crippen molar-refractivity contribution in [2.45, 2.75) is 0 Å². The highest BCUT2D eigenvalue weighted by Crippen LogP contribution is 2.44. The maximum atomic E-state index is 5.48. The summed E-state index contributed by atoms with van der Waals surface area (Å²) in [5, 5.41) is 13.8. The molecule has 0 atom stereocenters. The third-order valence-electron chi connectivity index (χ3n) is 13.4. The van der Waals surface area contributed by atoms with Crippen LogP contribution in [0.4, 0.5) is 0 Å². The summed E-state index contributed by atoms with van der Waals surface area (Å²) in [4.78, 5) is 21.5. The van der Waals surface area contributed by atoms with Crippen molar-refractivity contribution >= 4 is 97.7 Å². The lowest BCUT2D eigenvalue weighted by Crippen LogP contribution is -1.95. The Morgan fingerprint density at radius 2 is 0.609 bits per heavy atom. The Morgan fingerprint density at radius 1 is 0.234 bits per heavy atom. The Labute approximate surface area is 367 Å². The zero-order valence-electron chi connectivity index (χ0n) is 34.4. The van der Waals surface area contributed by atoms with Crippen molar-refractivity contribution in [3.05, 3.63) is 206 Å². The van der Waals surface area contributed by atoms with E-state index in [1.807, 2.05) is 0 Å². The van der Waals surface area contributed by atoms with E-state index in [1.54, 1.807) is 0 Å². The molecule has 0 amide bonds. The van der Waals surface area contributed by atoms with Crippen LogP contribution in [0.25, 0.3) is 143 Å². The molecule has 4 nitrogen and oxygen atoms in total. The Balaban J connectivity index is 0.967. The van der Waals surface area contributed by atoms with E-state index >= 15 is 0 Å². The fraction of sp³-hybridized carbons (Fsp3) is 0. The molecule has 0 unspecified atom stereocenters. The van der Waals surface area contributed by atoms with Gasteiger partial charge < -0.3 is 0 Å². The first-order valence-corrected chi connectivity index (χ1v) is 21.8. The molecule has 14 aromatic rings. The summed E-state index contributed by atoms with van der Waals surface area (Å²) >= 11 is 0. The molecule has 64 heavy (non-hydrogen) atoms. The normalized spacial score (nSPS) is 12.1. The van der Waals surface area contributed by atoms with Gasteiger partial charge in [0, 0.05) is 54.6 Å². The van der Waals surface area contributed by atoms with Crippen LogP contribution in [0, 0.1) is 0 Å². The number of rotatable bonds is 4. The van der Waals surface area contributed by atoms with E-state index in [4.69, 9.17) is 19.9 Å². The van der Waals surface area contributed by atoms with Gasteiger partial charge in [0.1, 0.15) is 0 Å². The summed E-state index contributed by atoms with van der Waals surface area (Å²) in [5.41, 5.74) is 14.3. The van der Waals surface area contributed by atoms with Crippen LogP contribution >= 0.6 is 0 Å². The van der Waals surface area contributed by atoms with Crippen molar-refractivity contribution in [2.24, 2.45) is 0 Å².